The van der Waals surface area contributed by atoms with Gasteiger partial charge >= 0.3 is 42.6 Å². The Balaban J connectivity index is 0. The number of hydrogen-bond donors (Lipinski definition) is 1. The summed E-state index contributed by atoms with van der Waals surface area (Å²) in [5.41, 5.74) is -0.775. The summed E-state index contributed by atoms with van der Waals surface area (Å²) in [6, 6.07) is 0. The summed E-state index contributed by atoms with van der Waals surface area (Å²) in [5.74, 6) is 0. The molecule has 0 radical (unpaired) electrons. The van der Waals surface area contributed by atoms with E-state index in [9.17, 15) is 17.7 Å². The number of alkyl carbamates (subject to hydrolysis) is 1. The molecular weight excluding hydrogens is 209 g/mol. The summed E-state index contributed by atoms with van der Waals surface area (Å²) >= 11 is 0. The predicted octanol–water partition coefficient (Wildman–Crippen LogP) is -1.10. The normalized spacial score (nSPS) is 11.6. The fraction of sp³-hybridized carbons (Fsp3) is 0.833. The van der Waals surface area contributed by atoms with Crippen LogP contribution in [0, 0.1) is 0 Å². The van der Waals surface area contributed by atoms with Gasteiger partial charge in [-0.05, 0) is 27.2 Å². The van der Waals surface area contributed by atoms with Crippen molar-refractivity contribution in [3.05, 3.63) is 0 Å². The molecule has 0 bridgehead atoms. The monoisotopic (exact) mass is 221 g/mol. The quantitative estimate of drug-likeness (QED) is 0.601. The van der Waals surface area contributed by atoms with Gasteiger partial charge in [-0.25, -0.2) is 4.79 Å². The average molecular weight is 221 g/mol. The second-order valence-corrected chi connectivity index (χ2v) is 3.59. The maximum absolute atomic E-state index is 11.6. The molecule has 1 amide bonds. The van der Waals surface area contributed by atoms with E-state index in [0.717, 1.165) is 0 Å². The van der Waals surface area contributed by atoms with Crippen LogP contribution in [0.1, 0.15) is 20.8 Å². The fourth-order valence-electron chi connectivity index (χ4n) is 0.513. The largest absolute Gasteiger partial charge is 1.00 e. The summed E-state index contributed by atoms with van der Waals surface area (Å²) in [5, 5.41) is 1.62. The first-order chi connectivity index (χ1) is 5.60. The molecule has 1 N–H and O–H groups in total. The van der Waals surface area contributed by atoms with Crippen molar-refractivity contribution < 1.29 is 52.0 Å². The Kier molecular flexibility index (Phi) is 6.94. The number of carbonyl (C=O) groups excluding carboxylic acids is 1. The van der Waals surface area contributed by atoms with Gasteiger partial charge in [-0.2, -0.15) is 0 Å². The summed E-state index contributed by atoms with van der Waals surface area (Å²) < 4.78 is 39.5. The van der Waals surface area contributed by atoms with Crippen LogP contribution in [0.3, 0.4) is 0 Å². The molecule has 0 rings (SSSR count). The molecule has 0 heterocycles. The maximum atomic E-state index is 11.6. The van der Waals surface area contributed by atoms with Crippen molar-refractivity contribution in [3.63, 3.8) is 0 Å². The molecule has 0 atom stereocenters. The van der Waals surface area contributed by atoms with E-state index in [1.54, 1.807) is 26.1 Å². The van der Waals surface area contributed by atoms with Gasteiger partial charge in [-0.3, -0.25) is 0 Å². The molecule has 78 valence electrons. The minimum atomic E-state index is -4.99. The van der Waals surface area contributed by atoms with Crippen molar-refractivity contribution in [2.75, 3.05) is 6.44 Å². The topological polar surface area (TPSA) is 38.3 Å². The third-order valence-corrected chi connectivity index (χ3v) is 0.877. The predicted molar refractivity (Wildman–Crippen MR) is 43.3 cm³/mol. The summed E-state index contributed by atoms with van der Waals surface area (Å²) in [6.45, 7) is -0.267. The third-order valence-electron chi connectivity index (χ3n) is 0.877. The van der Waals surface area contributed by atoms with Crippen LogP contribution in [0.2, 0.25) is 0 Å². The van der Waals surface area contributed by atoms with Crippen LogP contribution in [0.25, 0.3) is 0 Å². The van der Waals surface area contributed by atoms with Gasteiger partial charge in [-0.1, -0.05) is 0 Å². The average Bonchev–Trinajstić information content (AvgIpc) is 1.78. The number of hydrogen-bond acceptors (Lipinski definition) is 2. The van der Waals surface area contributed by atoms with Gasteiger partial charge < -0.3 is 23.0 Å². The molecule has 0 aliphatic rings. The molecule has 0 saturated heterocycles. The van der Waals surface area contributed by atoms with Crippen LogP contribution in [-0.4, -0.2) is 25.1 Å². The Morgan fingerprint density at radius 1 is 1.36 bits per heavy atom. The third kappa shape index (κ3) is 12.1. The number of carbonyl (C=O) groups is 1. The van der Waals surface area contributed by atoms with Crippen LogP contribution in [0.5, 0.6) is 0 Å². The van der Waals surface area contributed by atoms with Crippen molar-refractivity contribution in [1.29, 1.82) is 0 Å². The van der Waals surface area contributed by atoms with E-state index < -0.39 is 25.1 Å². The van der Waals surface area contributed by atoms with Crippen molar-refractivity contribution in [1.82, 2.24) is 5.32 Å². The Hall–Kier alpha value is 0.125. The van der Waals surface area contributed by atoms with E-state index in [0.29, 0.717) is 0 Å². The molecular formula is C6H12BF3NNaO2. The molecule has 0 spiro atoms. The van der Waals surface area contributed by atoms with Gasteiger partial charge in [0.2, 0.25) is 0 Å². The smallest absolute Gasteiger partial charge is 0.448 e. The van der Waals surface area contributed by atoms with Crippen molar-refractivity contribution >= 4 is 13.1 Å². The first-order valence-electron chi connectivity index (χ1n) is 3.78. The second kappa shape index (κ2) is 5.87. The number of amides is 1. The Morgan fingerprint density at radius 3 is 2.07 bits per heavy atom. The van der Waals surface area contributed by atoms with E-state index in [-0.39, 0.29) is 29.6 Å². The van der Waals surface area contributed by atoms with Crippen LogP contribution in [-0.2, 0) is 4.74 Å². The zero-order valence-corrected chi connectivity index (χ0v) is 10.7. The Labute approximate surface area is 103 Å². The van der Waals surface area contributed by atoms with Gasteiger partial charge in [0.05, 0.1) is 0 Å². The number of nitrogens with one attached hydrogen (secondary N) is 1. The zero-order chi connectivity index (χ0) is 10.7. The SMILES string of the molecule is CC(C)(C)OC(=O)NC[B-](F)(F)F.[Na+]. The molecule has 0 aromatic heterocycles. The molecule has 0 aliphatic heterocycles. The van der Waals surface area contributed by atoms with Gasteiger partial charge in [0.15, 0.2) is 0 Å². The minimum Gasteiger partial charge on any atom is -0.448 e. The number of rotatable bonds is 2. The molecule has 0 aromatic rings. The van der Waals surface area contributed by atoms with Gasteiger partial charge in [-0.15, -0.1) is 0 Å². The summed E-state index contributed by atoms with van der Waals surface area (Å²) in [6.07, 6.45) is -2.36. The molecule has 3 nitrogen and oxygen atoms in total. The molecule has 0 aliphatic carbocycles. The Bertz CT molecular complexity index is 192. The van der Waals surface area contributed by atoms with Crippen molar-refractivity contribution in [2.24, 2.45) is 0 Å². The van der Waals surface area contributed by atoms with Crippen molar-refractivity contribution in [3.8, 4) is 0 Å². The molecule has 0 fully saturated rings. The second-order valence-electron chi connectivity index (χ2n) is 3.59. The van der Waals surface area contributed by atoms with Gasteiger partial charge in [0, 0.05) is 0 Å². The molecule has 8 heteroatoms. The molecule has 14 heavy (non-hydrogen) atoms. The van der Waals surface area contributed by atoms with Crippen LogP contribution >= 0.6 is 0 Å². The van der Waals surface area contributed by atoms with Crippen LogP contribution in [0.4, 0.5) is 17.7 Å². The van der Waals surface area contributed by atoms with Crippen LogP contribution in [0.15, 0.2) is 0 Å². The van der Waals surface area contributed by atoms with Crippen molar-refractivity contribution in [2.45, 2.75) is 26.4 Å². The zero-order valence-electron chi connectivity index (χ0n) is 8.73. The minimum absolute atomic E-state index is 0. The van der Waals surface area contributed by atoms with Gasteiger partial charge in [0.1, 0.15) is 5.60 Å². The molecule has 0 aromatic carbocycles. The number of ether oxygens (including phenoxy) is 1. The summed E-state index contributed by atoms with van der Waals surface area (Å²) in [4.78, 5) is 10.7. The summed E-state index contributed by atoms with van der Waals surface area (Å²) in [7, 11) is 0. The van der Waals surface area contributed by atoms with E-state index in [2.05, 4.69) is 4.74 Å². The number of halogens is 3. The first-order valence-corrected chi connectivity index (χ1v) is 3.78. The first kappa shape index (κ1) is 16.6. The van der Waals surface area contributed by atoms with E-state index in [1.807, 2.05) is 0 Å². The Morgan fingerprint density at radius 2 is 1.79 bits per heavy atom. The fourth-order valence-corrected chi connectivity index (χ4v) is 0.513. The van der Waals surface area contributed by atoms with E-state index >= 15 is 0 Å². The van der Waals surface area contributed by atoms with Gasteiger partial charge in [0.25, 0.3) is 0 Å². The maximum Gasteiger partial charge on any atom is 1.00 e. The standard InChI is InChI=1S/C6H12BF3NO2.Na/c1-6(2,3)13-5(12)11-4-7(8,9)10;/h4H2,1-3H3,(H,11,12);/q-1;+1. The van der Waals surface area contributed by atoms with Crippen LogP contribution < -0.4 is 34.9 Å². The molecule has 0 unspecified atom stereocenters. The van der Waals surface area contributed by atoms with E-state index in [4.69, 9.17) is 0 Å². The van der Waals surface area contributed by atoms with E-state index in [1.165, 1.54) is 0 Å². The molecule has 0 saturated carbocycles.